The summed E-state index contributed by atoms with van der Waals surface area (Å²) in [5, 5.41) is 11.8. The molecule has 0 bridgehead atoms. The molecule has 5 spiro atoms. The van der Waals surface area contributed by atoms with Crippen LogP contribution in [0.4, 0.5) is 79.6 Å². The summed E-state index contributed by atoms with van der Waals surface area (Å²) >= 11 is 0. The molecule has 0 aromatic heterocycles. The van der Waals surface area contributed by atoms with Gasteiger partial charge in [-0.3, -0.25) is 25.0 Å². The number of aliphatic imine (C=N–C) groups is 5. The third kappa shape index (κ3) is 13.6. The van der Waals surface area contributed by atoms with Crippen molar-refractivity contribution in [2.75, 3.05) is 146 Å². The van der Waals surface area contributed by atoms with Crippen molar-refractivity contribution in [2.45, 2.75) is 157 Å². The normalized spacial score (nSPS) is 23.1. The number of rotatable bonds is 4. The quantitative estimate of drug-likeness (QED) is 0.165. The van der Waals surface area contributed by atoms with E-state index in [1.54, 1.807) is 0 Å². The zero-order chi connectivity index (χ0) is 99.9. The maximum atomic E-state index is 6.98. The van der Waals surface area contributed by atoms with Crippen LogP contribution in [0, 0.1) is 0 Å². The van der Waals surface area contributed by atoms with E-state index in [0.717, 1.165) is 132 Å². The lowest BCUT2D eigenvalue weighted by Gasteiger charge is -2.45. The van der Waals surface area contributed by atoms with Crippen LogP contribution in [-0.4, -0.2) is 162 Å². The Labute approximate surface area is 851 Å². The Bertz CT molecular complexity index is 7730. The number of ether oxygens (including phenoxy) is 6. The van der Waals surface area contributed by atoms with Gasteiger partial charge >= 0.3 is 0 Å². The summed E-state index contributed by atoms with van der Waals surface area (Å²) in [4.78, 5) is 45.7. The maximum Gasteiger partial charge on any atom is 0.228 e. The fourth-order valence-electron chi connectivity index (χ4n) is 26.0. The first-order chi connectivity index (χ1) is 70.0. The lowest BCUT2D eigenvalue weighted by molar-refractivity contribution is 0.0826. The van der Waals surface area contributed by atoms with E-state index < -0.39 is 28.6 Å². The van der Waals surface area contributed by atoms with Gasteiger partial charge in [0.2, 0.25) is 28.6 Å². The van der Waals surface area contributed by atoms with E-state index in [1.807, 2.05) is 49.3 Å². The number of para-hydroxylation sites is 5. The first-order valence-electron chi connectivity index (χ1n) is 51.6. The molecular weight excluding hydrogens is 1790 g/mol. The second-order valence-corrected chi connectivity index (χ2v) is 43.8. The van der Waals surface area contributed by atoms with Gasteiger partial charge in [0, 0.05) is 213 Å². The van der Waals surface area contributed by atoms with Crippen molar-refractivity contribution in [1.29, 1.82) is 0 Å². The fraction of sp³-hybridized carbons (Fsp3) is 0.320. The molecule has 145 heavy (non-hydrogen) atoms. The monoisotopic (exact) mass is 1920 g/mol. The number of likely N-dealkylation sites (N-methyl/N-ethyl adjacent to an activating group) is 5. The molecule has 0 N–H and O–H groups in total. The third-order valence-corrected chi connectivity index (χ3v) is 34.5. The Hall–Kier alpha value is -14.9. The SMILES string of the molecule is CN(C)c1cc2c(c3ccccc13)N=CC1(O2)N(C)c2ccccc2C1(C)C.CN1c2ccccc2C(C)(C)C12C=Nc1c(cc(N3CCCC3)c3ccccc13)O2.CN1c2ccccc2C(C)(C)C12C=Nc1c(cc(N3CCCCC3)c3ccccc13)O2.CN1c2ccccc2C(C)(C)C12C=Nc1c(cc(N3CCOCC3)c3ccccc13)O2.CN1c2ccccc2C(C)(C)C12C=Nc1c(ccc3ccccc13)O2. The van der Waals surface area contributed by atoms with Crippen LogP contribution < -0.4 is 67.8 Å². The first-order valence-corrected chi connectivity index (χ1v) is 51.6. The minimum absolute atomic E-state index is 0.217. The fourth-order valence-corrected chi connectivity index (χ4v) is 26.0. The topological polar surface area (TPSA) is 146 Å². The zero-order valence-corrected chi connectivity index (χ0v) is 86.3. The van der Waals surface area contributed by atoms with E-state index in [-0.39, 0.29) is 27.1 Å². The molecule has 734 valence electrons. The Morgan fingerprint density at radius 1 is 0.234 bits per heavy atom. The Balaban J connectivity index is 0.0000000975. The first kappa shape index (κ1) is 92.5. The average molecular weight is 1920 g/mol. The summed E-state index contributed by atoms with van der Waals surface area (Å²) in [5.41, 5.74) is 17.5. The molecular formula is C125H128N14O6. The van der Waals surface area contributed by atoms with Crippen LogP contribution in [0.5, 0.6) is 28.7 Å². The van der Waals surface area contributed by atoms with Crippen LogP contribution in [0.3, 0.4) is 0 Å². The van der Waals surface area contributed by atoms with Crippen molar-refractivity contribution in [3.05, 3.63) is 307 Å². The standard InChI is InChI=1S/C27H29N3O.C26H27N3O2.C26H27N3O.C24H25N3O.C22H20N2O/c1-26(2)21-13-7-8-14-22(21)29(3)27(26)18-28-25-20-12-6-5-11-19(20)23(17-24(25)31-27)30-15-9-4-10-16-30;1-25(2)20-10-6-7-11-21(20)28(3)26(25)17-27-24-19-9-5-4-8-18(19)22(16-23(24)31-26)29-12-14-30-15-13-29;1-25(2)20-12-6-7-13-21(20)28(3)26(25)17-27-24-19-11-5-4-10-18(19)22(16-23(24)30-26)29-14-8-9-15-29;1-23(2)18-12-8-9-13-19(18)27(5)24(23)15-25-22-17-11-7-6-10-16(17)20(26(3)4)14-21(22)28-24;1-21(2)17-10-6-7-11-18(17)24(3)22(21)14-23-20-16-9-5-4-8-15(16)12-13-19(20)25-22/h5-8,11-14,17-18H,4,9-10,15-16H2,1-3H3;4-11,16-17H,12-15H2,1-3H3;4-7,10-13,16-17H,8-9,14-15H2,1-3H3;6-15H,1-5H3;4-14H,1-3H3. The van der Waals surface area contributed by atoms with Crippen LogP contribution in [0.2, 0.25) is 0 Å². The molecule has 0 radical (unpaired) electrons. The highest BCUT2D eigenvalue weighted by Crippen LogP contribution is 2.63. The van der Waals surface area contributed by atoms with Crippen molar-refractivity contribution < 1.29 is 28.4 Å². The third-order valence-electron chi connectivity index (χ3n) is 34.5. The maximum absolute atomic E-state index is 6.98. The van der Waals surface area contributed by atoms with Gasteiger partial charge in [-0.25, -0.2) is 0 Å². The van der Waals surface area contributed by atoms with E-state index in [2.05, 4.69) is 424 Å². The average Bonchev–Trinajstić information content (AvgIpc) is 1.76. The second kappa shape index (κ2) is 34.1. The van der Waals surface area contributed by atoms with Gasteiger partial charge in [0.05, 0.1) is 71.4 Å². The summed E-state index contributed by atoms with van der Waals surface area (Å²) in [7, 11) is 14.7. The van der Waals surface area contributed by atoms with Gasteiger partial charge in [-0.15, -0.1) is 0 Å². The molecule has 15 aromatic carbocycles. The highest BCUT2D eigenvalue weighted by Gasteiger charge is 2.64. The zero-order valence-electron chi connectivity index (χ0n) is 86.3. The lowest BCUT2D eigenvalue weighted by Crippen LogP contribution is -2.61. The molecule has 28 rings (SSSR count). The number of benzene rings is 15. The minimum atomic E-state index is -0.672. The van der Waals surface area contributed by atoms with Crippen LogP contribution in [0.25, 0.3) is 53.9 Å². The molecule has 0 aliphatic carbocycles. The molecule has 5 unspecified atom stereocenters. The molecule has 0 amide bonds. The largest absolute Gasteiger partial charge is 0.459 e. The van der Waals surface area contributed by atoms with Gasteiger partial charge in [-0.1, -0.05) is 218 Å². The van der Waals surface area contributed by atoms with Crippen molar-refractivity contribution in [3.8, 4) is 28.7 Å². The predicted octanol–water partition coefficient (Wildman–Crippen LogP) is 26.8. The van der Waals surface area contributed by atoms with Crippen molar-refractivity contribution >= 4 is 165 Å². The van der Waals surface area contributed by atoms with Crippen molar-refractivity contribution in [1.82, 2.24) is 0 Å². The molecule has 13 heterocycles. The Kier molecular flexibility index (Phi) is 21.8. The number of nitrogens with zero attached hydrogens (tertiary/aromatic N) is 14. The number of morpholine rings is 1. The van der Waals surface area contributed by atoms with E-state index in [0.29, 0.717) is 0 Å². The number of fused-ring (bicyclic) bond motifs is 20. The molecule has 13 aliphatic heterocycles. The van der Waals surface area contributed by atoms with E-state index in [1.165, 1.54) is 143 Å². The van der Waals surface area contributed by atoms with Crippen LogP contribution in [0.15, 0.2) is 304 Å². The Morgan fingerprint density at radius 2 is 0.476 bits per heavy atom. The van der Waals surface area contributed by atoms with Crippen LogP contribution >= 0.6 is 0 Å². The summed E-state index contributed by atoms with van der Waals surface area (Å²) in [6, 6.07) is 98.2. The van der Waals surface area contributed by atoms with E-state index >= 15 is 0 Å². The summed E-state index contributed by atoms with van der Waals surface area (Å²) in [6.45, 7) is 30.2. The number of hydrogen-bond acceptors (Lipinski definition) is 20. The second-order valence-electron chi connectivity index (χ2n) is 43.8. The van der Waals surface area contributed by atoms with Gasteiger partial charge in [0.15, 0.2) is 23.0 Å². The highest BCUT2D eigenvalue weighted by molar-refractivity contribution is 6.11. The highest BCUT2D eigenvalue weighted by atomic mass is 16.5. The lowest BCUT2D eigenvalue weighted by atomic mass is 9.77. The summed E-state index contributed by atoms with van der Waals surface area (Å²) in [6.07, 6.45) is 16.4. The van der Waals surface area contributed by atoms with Crippen LogP contribution in [0.1, 0.15) is 129 Å². The molecule has 20 nitrogen and oxygen atoms in total. The van der Waals surface area contributed by atoms with Gasteiger partial charge in [-0.05, 0) is 171 Å². The minimum Gasteiger partial charge on any atom is -0.459 e. The molecule has 3 saturated heterocycles. The van der Waals surface area contributed by atoms with Gasteiger partial charge in [0.1, 0.15) is 34.2 Å². The van der Waals surface area contributed by atoms with Gasteiger partial charge in [-0.2, -0.15) is 0 Å². The number of hydrogen-bond donors (Lipinski definition) is 0. The molecule has 15 aromatic rings. The molecule has 0 saturated carbocycles. The summed E-state index contributed by atoms with van der Waals surface area (Å²) < 4.78 is 40.0. The van der Waals surface area contributed by atoms with E-state index in [4.69, 9.17) is 53.4 Å². The number of anilines is 9. The molecule has 20 heteroatoms. The molecule has 5 atom stereocenters. The Morgan fingerprint density at radius 3 is 0.786 bits per heavy atom. The summed E-state index contributed by atoms with van der Waals surface area (Å²) in [5.74, 6) is 4.28. The molecule has 13 aliphatic rings. The van der Waals surface area contributed by atoms with Crippen molar-refractivity contribution in [2.24, 2.45) is 25.0 Å². The molecule has 3 fully saturated rings. The number of piperidine rings is 1. The van der Waals surface area contributed by atoms with Crippen LogP contribution in [-0.2, 0) is 31.8 Å². The van der Waals surface area contributed by atoms with Gasteiger partial charge < -0.3 is 72.5 Å². The predicted molar refractivity (Wildman–Crippen MR) is 602 cm³/mol. The smallest absolute Gasteiger partial charge is 0.228 e. The van der Waals surface area contributed by atoms with Crippen molar-refractivity contribution in [3.63, 3.8) is 0 Å². The van der Waals surface area contributed by atoms with Gasteiger partial charge in [0.25, 0.3) is 0 Å². The van der Waals surface area contributed by atoms with E-state index in [9.17, 15) is 0 Å².